The minimum absolute atomic E-state index is 0.0152. The van der Waals surface area contributed by atoms with Crippen LogP contribution in [-0.2, 0) is 12.8 Å². The summed E-state index contributed by atoms with van der Waals surface area (Å²) in [4.78, 5) is 15.4. The summed E-state index contributed by atoms with van der Waals surface area (Å²) in [6.07, 6.45) is -3.21. The number of allylic oxidation sites excluding steroid dienone is 2. The summed E-state index contributed by atoms with van der Waals surface area (Å²) < 4.78 is 59.6. The van der Waals surface area contributed by atoms with Gasteiger partial charge in [0.15, 0.2) is 0 Å². The molecule has 4 nitrogen and oxygen atoms in total. The molecule has 1 aliphatic rings. The Morgan fingerprint density at radius 1 is 1.03 bits per heavy atom. The van der Waals surface area contributed by atoms with E-state index in [1.165, 1.54) is 18.2 Å². The van der Waals surface area contributed by atoms with Gasteiger partial charge in [-0.2, -0.15) is 13.2 Å². The molecule has 1 N–H and O–H groups in total. The van der Waals surface area contributed by atoms with Gasteiger partial charge in [-0.05, 0) is 72.9 Å². The molecule has 0 unspecified atom stereocenters. The molecule has 3 aromatic rings. The number of hydrogen-bond donors (Lipinski definition) is 1. The molecule has 0 atom stereocenters. The Morgan fingerprint density at radius 3 is 2.46 bits per heavy atom. The predicted molar refractivity (Wildman–Crippen MR) is 124 cm³/mol. The zero-order chi connectivity index (χ0) is 25.3. The minimum atomic E-state index is -4.74. The number of aromatic carboxylic acids is 1. The van der Waals surface area contributed by atoms with E-state index in [4.69, 9.17) is 27.9 Å². The molecule has 1 heterocycles. The van der Waals surface area contributed by atoms with E-state index < -0.39 is 29.2 Å². The molecule has 0 saturated carbocycles. The van der Waals surface area contributed by atoms with Crippen molar-refractivity contribution in [2.24, 2.45) is 0 Å². The fraction of sp³-hybridized carbons (Fsp3) is 0.200. The highest BCUT2D eigenvalue weighted by Crippen LogP contribution is 2.44. The van der Waals surface area contributed by atoms with Crippen molar-refractivity contribution in [2.45, 2.75) is 32.0 Å². The number of halogens is 6. The van der Waals surface area contributed by atoms with Crippen molar-refractivity contribution in [1.29, 1.82) is 0 Å². The third kappa shape index (κ3) is 5.60. The van der Waals surface area contributed by atoms with Gasteiger partial charge in [-0.1, -0.05) is 29.3 Å². The molecule has 2 aromatic carbocycles. The summed E-state index contributed by atoms with van der Waals surface area (Å²) in [5.41, 5.74) is 0.410. The van der Waals surface area contributed by atoms with E-state index in [-0.39, 0.29) is 17.3 Å². The molecule has 0 saturated heterocycles. The Morgan fingerprint density at radius 2 is 1.77 bits per heavy atom. The zero-order valence-corrected chi connectivity index (χ0v) is 19.4. The smallest absolute Gasteiger partial charge is 0.416 e. The maximum Gasteiger partial charge on any atom is 0.416 e. The molecule has 0 spiro atoms. The van der Waals surface area contributed by atoms with Crippen molar-refractivity contribution in [3.63, 3.8) is 0 Å². The number of benzene rings is 2. The lowest BCUT2D eigenvalue weighted by molar-refractivity contribution is -0.137. The normalized spacial score (nSPS) is 13.9. The van der Waals surface area contributed by atoms with Crippen LogP contribution in [0.5, 0.6) is 5.75 Å². The lowest BCUT2D eigenvalue weighted by Gasteiger charge is -2.16. The van der Waals surface area contributed by atoms with Crippen LogP contribution in [0.4, 0.5) is 17.6 Å². The molecule has 0 amide bonds. The van der Waals surface area contributed by atoms with Crippen molar-refractivity contribution in [2.75, 3.05) is 0 Å². The van der Waals surface area contributed by atoms with E-state index in [1.807, 2.05) is 0 Å². The lowest BCUT2D eigenvalue weighted by Crippen LogP contribution is -2.11. The van der Waals surface area contributed by atoms with Gasteiger partial charge in [-0.3, -0.25) is 0 Å². The third-order valence-electron chi connectivity index (χ3n) is 5.56. The number of rotatable bonds is 6. The van der Waals surface area contributed by atoms with Crippen LogP contribution < -0.4 is 4.74 Å². The first kappa shape index (κ1) is 25.0. The number of hydrogen-bond acceptors (Lipinski definition) is 3. The highest BCUT2D eigenvalue weighted by molar-refractivity contribution is 6.31. The molecule has 0 aliphatic heterocycles. The second-order valence-corrected chi connectivity index (χ2v) is 8.75. The van der Waals surface area contributed by atoms with Gasteiger partial charge in [0.2, 0.25) is 0 Å². The van der Waals surface area contributed by atoms with E-state index in [0.29, 0.717) is 58.4 Å². The topological polar surface area (TPSA) is 59.4 Å². The largest absolute Gasteiger partial charge is 0.488 e. The van der Waals surface area contributed by atoms with Crippen LogP contribution in [0.3, 0.4) is 0 Å². The van der Waals surface area contributed by atoms with Gasteiger partial charge in [0.1, 0.15) is 23.9 Å². The average Bonchev–Trinajstić information content (AvgIpc) is 3.28. The summed E-state index contributed by atoms with van der Waals surface area (Å²) in [6.45, 7) is 0.0152. The second kappa shape index (κ2) is 9.87. The van der Waals surface area contributed by atoms with Crippen molar-refractivity contribution in [1.82, 2.24) is 4.98 Å². The number of aromatic nitrogens is 1. The van der Waals surface area contributed by atoms with Crippen molar-refractivity contribution in [3.8, 4) is 5.75 Å². The fourth-order valence-electron chi connectivity index (χ4n) is 3.94. The third-order valence-corrected chi connectivity index (χ3v) is 6.15. The molecule has 0 bridgehead atoms. The van der Waals surface area contributed by atoms with Gasteiger partial charge in [0, 0.05) is 16.1 Å². The zero-order valence-electron chi connectivity index (χ0n) is 17.9. The number of alkyl halides is 3. The Hall–Kier alpha value is -3.10. The van der Waals surface area contributed by atoms with E-state index in [9.17, 15) is 27.5 Å². The first-order valence-corrected chi connectivity index (χ1v) is 11.2. The summed E-state index contributed by atoms with van der Waals surface area (Å²) in [7, 11) is 0. The summed E-state index contributed by atoms with van der Waals surface area (Å²) in [6, 6.07) is 10.2. The summed E-state index contributed by atoms with van der Waals surface area (Å²) in [5.74, 6) is -1.64. The first-order chi connectivity index (χ1) is 16.5. The van der Waals surface area contributed by atoms with Crippen LogP contribution in [0.15, 0.2) is 48.5 Å². The van der Waals surface area contributed by atoms with Crippen LogP contribution in [-0.4, -0.2) is 16.1 Å². The number of pyridine rings is 1. The first-order valence-electron chi connectivity index (χ1n) is 10.4. The molecule has 0 fully saturated rings. The van der Waals surface area contributed by atoms with Crippen LogP contribution in [0, 0.1) is 5.82 Å². The van der Waals surface area contributed by atoms with Crippen LogP contribution in [0.2, 0.25) is 10.0 Å². The Bertz CT molecular complexity index is 1340. The monoisotopic (exact) mass is 525 g/mol. The highest BCUT2D eigenvalue weighted by Gasteiger charge is 2.33. The minimum Gasteiger partial charge on any atom is -0.488 e. The van der Waals surface area contributed by atoms with Gasteiger partial charge in [-0.15, -0.1) is 0 Å². The van der Waals surface area contributed by atoms with Crippen molar-refractivity contribution in [3.05, 3.63) is 92.5 Å². The van der Waals surface area contributed by atoms with Crippen molar-refractivity contribution < 1.29 is 32.2 Å². The molecule has 35 heavy (non-hydrogen) atoms. The van der Waals surface area contributed by atoms with Crippen molar-refractivity contribution >= 4 is 40.3 Å². The standard InChI is InChI=1S/C25H17Cl2F4NO3/c26-15-5-7-23(35-12-13-4-6-16(28)11-20(13)27)19(10-15)17-2-1-3-18(17)21-8-14(25(29,30)31)9-22(32-21)24(33)34/h4-11H,1-3,12H2,(H,33,34). The van der Waals surface area contributed by atoms with Crippen LogP contribution in [0.1, 0.15) is 52.1 Å². The van der Waals surface area contributed by atoms with Gasteiger partial charge >= 0.3 is 12.1 Å². The Balaban J connectivity index is 1.78. The SMILES string of the molecule is O=C(O)c1cc(C(F)(F)F)cc(C2=C(c3cc(Cl)ccc3OCc3ccc(F)cc3Cl)CCC2)n1. The number of carboxylic acids is 1. The maximum absolute atomic E-state index is 13.4. The quantitative estimate of drug-likeness (QED) is 0.332. The van der Waals surface area contributed by atoms with Gasteiger partial charge in [-0.25, -0.2) is 14.2 Å². The summed E-state index contributed by atoms with van der Waals surface area (Å²) in [5, 5.41) is 9.88. The number of carboxylic acid groups (broad SMARTS) is 1. The number of carbonyl (C=O) groups is 1. The second-order valence-electron chi connectivity index (χ2n) is 7.90. The maximum atomic E-state index is 13.4. The molecule has 4 rings (SSSR count). The average molecular weight is 526 g/mol. The lowest BCUT2D eigenvalue weighted by atomic mass is 9.98. The Labute approximate surface area is 207 Å². The Kier molecular flexibility index (Phi) is 7.05. The number of nitrogens with zero attached hydrogens (tertiary/aromatic N) is 1. The van der Waals surface area contributed by atoms with Gasteiger partial charge < -0.3 is 9.84 Å². The molecular weight excluding hydrogens is 509 g/mol. The predicted octanol–water partition coefficient (Wildman–Crippen LogP) is 7.92. The fourth-order valence-corrected chi connectivity index (χ4v) is 4.33. The van der Waals surface area contributed by atoms with E-state index >= 15 is 0 Å². The van der Waals surface area contributed by atoms with Crippen LogP contribution in [0.25, 0.3) is 11.1 Å². The molecular formula is C25H17Cl2F4NO3. The number of ether oxygens (including phenoxy) is 1. The summed E-state index contributed by atoms with van der Waals surface area (Å²) >= 11 is 12.3. The molecule has 1 aliphatic carbocycles. The van der Waals surface area contributed by atoms with E-state index in [1.54, 1.807) is 18.2 Å². The molecule has 10 heteroatoms. The highest BCUT2D eigenvalue weighted by atomic mass is 35.5. The molecule has 182 valence electrons. The van der Waals surface area contributed by atoms with E-state index in [0.717, 1.165) is 6.07 Å². The van der Waals surface area contributed by atoms with Gasteiger partial charge in [0.05, 0.1) is 16.3 Å². The molecule has 1 aromatic heterocycles. The van der Waals surface area contributed by atoms with E-state index in [2.05, 4.69) is 4.98 Å². The van der Waals surface area contributed by atoms with Gasteiger partial charge in [0.25, 0.3) is 0 Å². The molecule has 0 radical (unpaired) electrons. The van der Waals surface area contributed by atoms with Crippen LogP contribution >= 0.6 is 23.2 Å².